The summed E-state index contributed by atoms with van der Waals surface area (Å²) >= 11 is 0. The first-order valence-electron chi connectivity index (χ1n) is 7.76. The first-order chi connectivity index (χ1) is 10.9. The lowest BCUT2D eigenvalue weighted by atomic mass is 10.1. The number of anilines is 1. The van der Waals surface area contributed by atoms with Crippen molar-refractivity contribution in [2.24, 2.45) is 0 Å². The van der Waals surface area contributed by atoms with Crippen LogP contribution < -0.4 is 15.2 Å². The van der Waals surface area contributed by atoms with Crippen LogP contribution in [0.3, 0.4) is 0 Å². The van der Waals surface area contributed by atoms with E-state index in [1.165, 1.54) is 0 Å². The summed E-state index contributed by atoms with van der Waals surface area (Å²) in [4.78, 5) is 23.6. The number of hydrogen-bond acceptors (Lipinski definition) is 5. The molecule has 23 heavy (non-hydrogen) atoms. The molecule has 2 aromatic heterocycles. The highest BCUT2D eigenvalue weighted by atomic mass is 16.5. The van der Waals surface area contributed by atoms with Crippen molar-refractivity contribution in [2.45, 2.75) is 40.8 Å². The molecule has 0 spiro atoms. The first kappa shape index (κ1) is 15.5. The summed E-state index contributed by atoms with van der Waals surface area (Å²) in [6, 6.07) is 0. The average molecular weight is 314 g/mol. The van der Waals surface area contributed by atoms with Crippen LogP contribution in [0.5, 0.6) is 5.75 Å². The van der Waals surface area contributed by atoms with E-state index in [0.717, 1.165) is 46.3 Å². The molecule has 0 N–H and O–H groups in total. The molecule has 0 saturated carbocycles. The van der Waals surface area contributed by atoms with E-state index in [-0.39, 0.29) is 5.56 Å². The summed E-state index contributed by atoms with van der Waals surface area (Å²) in [7, 11) is 1.68. The van der Waals surface area contributed by atoms with Crippen molar-refractivity contribution < 1.29 is 4.74 Å². The number of ether oxygens (including phenoxy) is 1. The number of nitrogens with zero attached hydrogens (tertiary/aromatic N) is 4. The van der Waals surface area contributed by atoms with Gasteiger partial charge in [0.2, 0.25) is 5.95 Å². The lowest BCUT2D eigenvalue weighted by Crippen LogP contribution is -2.25. The molecular formula is C17H22N4O2. The Kier molecular flexibility index (Phi) is 3.83. The van der Waals surface area contributed by atoms with Crippen molar-refractivity contribution in [3.8, 4) is 5.75 Å². The molecule has 0 unspecified atom stereocenters. The number of fused-ring (bicyclic) bond motifs is 1. The number of hydrogen-bond donors (Lipinski definition) is 0. The number of aryl methyl sites for hydroxylation is 2. The van der Waals surface area contributed by atoms with Crippen LogP contribution in [0.2, 0.25) is 0 Å². The Labute approximate surface area is 135 Å². The van der Waals surface area contributed by atoms with Crippen LogP contribution in [0, 0.1) is 27.7 Å². The Morgan fingerprint density at radius 2 is 1.91 bits per heavy atom. The van der Waals surface area contributed by atoms with Crippen LogP contribution in [-0.2, 0) is 13.1 Å². The topological polar surface area (TPSA) is 60.2 Å². The maximum absolute atomic E-state index is 12.4. The molecule has 0 saturated heterocycles. The second kappa shape index (κ2) is 5.68. The normalized spacial score (nSPS) is 13.3. The molecule has 0 bridgehead atoms. The van der Waals surface area contributed by atoms with E-state index in [0.29, 0.717) is 13.1 Å². The van der Waals surface area contributed by atoms with Gasteiger partial charge in [-0.2, -0.15) is 0 Å². The van der Waals surface area contributed by atoms with E-state index in [1.54, 1.807) is 11.7 Å². The summed E-state index contributed by atoms with van der Waals surface area (Å²) in [5, 5.41) is 0. The highest BCUT2D eigenvalue weighted by Gasteiger charge is 2.24. The largest absolute Gasteiger partial charge is 0.496 e. The van der Waals surface area contributed by atoms with Crippen molar-refractivity contribution in [2.75, 3.05) is 18.6 Å². The van der Waals surface area contributed by atoms with Crippen molar-refractivity contribution in [3.63, 3.8) is 0 Å². The van der Waals surface area contributed by atoms with E-state index in [1.807, 2.05) is 33.9 Å². The number of methoxy groups -OCH3 is 1. The first-order valence-corrected chi connectivity index (χ1v) is 7.76. The predicted octanol–water partition coefficient (Wildman–Crippen LogP) is 1.90. The molecule has 0 aliphatic carbocycles. The molecule has 0 amide bonds. The summed E-state index contributed by atoms with van der Waals surface area (Å²) in [6.45, 7) is 9.78. The van der Waals surface area contributed by atoms with Gasteiger partial charge in [0.15, 0.2) is 0 Å². The monoisotopic (exact) mass is 314 g/mol. The SMILES string of the molecule is COc1c(C)cnc(CN2CCn3c2nc(C)c(C)c3=O)c1C. The molecule has 0 atom stereocenters. The minimum Gasteiger partial charge on any atom is -0.496 e. The maximum atomic E-state index is 12.4. The van der Waals surface area contributed by atoms with E-state index in [2.05, 4.69) is 14.9 Å². The molecule has 122 valence electrons. The molecule has 2 aromatic rings. The maximum Gasteiger partial charge on any atom is 0.258 e. The van der Waals surface area contributed by atoms with E-state index in [4.69, 9.17) is 4.74 Å². The molecule has 1 aliphatic heterocycles. The molecule has 3 rings (SSSR count). The van der Waals surface area contributed by atoms with Crippen LogP contribution >= 0.6 is 0 Å². The minimum absolute atomic E-state index is 0.0566. The lowest BCUT2D eigenvalue weighted by molar-refractivity contribution is 0.407. The van der Waals surface area contributed by atoms with E-state index < -0.39 is 0 Å². The smallest absolute Gasteiger partial charge is 0.258 e. The van der Waals surface area contributed by atoms with E-state index in [9.17, 15) is 4.79 Å². The fourth-order valence-corrected chi connectivity index (χ4v) is 3.07. The van der Waals surface area contributed by atoms with Crippen LogP contribution in [0.25, 0.3) is 0 Å². The fourth-order valence-electron chi connectivity index (χ4n) is 3.07. The van der Waals surface area contributed by atoms with Crippen LogP contribution in [0.4, 0.5) is 5.95 Å². The molecule has 1 aliphatic rings. The van der Waals surface area contributed by atoms with Crippen LogP contribution in [0.15, 0.2) is 11.0 Å². The van der Waals surface area contributed by atoms with Gasteiger partial charge in [0.25, 0.3) is 5.56 Å². The summed E-state index contributed by atoms with van der Waals surface area (Å²) in [5.41, 5.74) is 4.59. The third kappa shape index (κ3) is 2.48. The van der Waals surface area contributed by atoms with Gasteiger partial charge in [-0.25, -0.2) is 4.98 Å². The zero-order valence-corrected chi connectivity index (χ0v) is 14.3. The van der Waals surface area contributed by atoms with Crippen molar-refractivity contribution >= 4 is 5.95 Å². The van der Waals surface area contributed by atoms with E-state index >= 15 is 0 Å². The second-order valence-corrected chi connectivity index (χ2v) is 6.05. The Bertz CT molecular complexity index is 826. The molecular weight excluding hydrogens is 292 g/mol. The standard InChI is InChI=1S/C17H22N4O2/c1-10-8-18-14(12(3)15(10)23-5)9-20-6-7-21-16(22)11(2)13(4)19-17(20)21/h8H,6-7,9H2,1-5H3. The molecule has 3 heterocycles. The quantitative estimate of drug-likeness (QED) is 0.866. The van der Waals surface area contributed by atoms with Crippen LogP contribution in [-0.4, -0.2) is 28.2 Å². The zero-order chi connectivity index (χ0) is 16.7. The third-order valence-electron chi connectivity index (χ3n) is 4.58. The van der Waals surface area contributed by atoms with Gasteiger partial charge < -0.3 is 9.64 Å². The fraction of sp³-hybridized carbons (Fsp3) is 0.471. The molecule has 0 fully saturated rings. The van der Waals surface area contributed by atoms with Gasteiger partial charge in [0, 0.05) is 41.7 Å². The van der Waals surface area contributed by atoms with Gasteiger partial charge in [0.1, 0.15) is 5.75 Å². The highest BCUT2D eigenvalue weighted by Crippen LogP contribution is 2.27. The van der Waals surface area contributed by atoms with Gasteiger partial charge in [-0.05, 0) is 27.7 Å². The Morgan fingerprint density at radius 1 is 1.17 bits per heavy atom. The summed E-state index contributed by atoms with van der Waals surface area (Å²) < 4.78 is 7.23. The zero-order valence-electron chi connectivity index (χ0n) is 14.3. The molecule has 6 nitrogen and oxygen atoms in total. The number of rotatable bonds is 3. The Morgan fingerprint density at radius 3 is 2.61 bits per heavy atom. The highest BCUT2D eigenvalue weighted by molar-refractivity contribution is 5.44. The molecule has 6 heteroatoms. The van der Waals surface area contributed by atoms with Crippen molar-refractivity contribution in [3.05, 3.63) is 44.6 Å². The summed E-state index contributed by atoms with van der Waals surface area (Å²) in [5.74, 6) is 1.61. The summed E-state index contributed by atoms with van der Waals surface area (Å²) in [6.07, 6.45) is 1.83. The van der Waals surface area contributed by atoms with Gasteiger partial charge in [-0.1, -0.05) is 0 Å². The van der Waals surface area contributed by atoms with Gasteiger partial charge in [0.05, 0.1) is 19.3 Å². The Hall–Kier alpha value is -2.37. The lowest BCUT2D eigenvalue weighted by Gasteiger charge is -2.20. The van der Waals surface area contributed by atoms with Gasteiger partial charge >= 0.3 is 0 Å². The van der Waals surface area contributed by atoms with Crippen LogP contribution in [0.1, 0.15) is 28.1 Å². The van der Waals surface area contributed by atoms with Gasteiger partial charge in [-0.15, -0.1) is 0 Å². The molecule has 0 aromatic carbocycles. The van der Waals surface area contributed by atoms with Crippen molar-refractivity contribution in [1.29, 1.82) is 0 Å². The Balaban J connectivity index is 1.98. The predicted molar refractivity (Wildman–Crippen MR) is 89.3 cm³/mol. The average Bonchev–Trinajstić information content (AvgIpc) is 2.91. The van der Waals surface area contributed by atoms with Gasteiger partial charge in [-0.3, -0.25) is 14.3 Å². The van der Waals surface area contributed by atoms with Crippen molar-refractivity contribution in [1.82, 2.24) is 14.5 Å². The number of pyridine rings is 1. The molecule has 0 radical (unpaired) electrons. The number of aromatic nitrogens is 3. The third-order valence-corrected chi connectivity index (χ3v) is 4.58. The second-order valence-electron chi connectivity index (χ2n) is 6.05. The minimum atomic E-state index is 0.0566.